The van der Waals surface area contributed by atoms with Gasteiger partial charge >= 0.3 is 6.09 Å². The van der Waals surface area contributed by atoms with Gasteiger partial charge in [-0.2, -0.15) is 0 Å². The Kier molecular flexibility index (Phi) is 11.7. The first-order valence-corrected chi connectivity index (χ1v) is 13.9. The van der Waals surface area contributed by atoms with Gasteiger partial charge in [0.15, 0.2) is 0 Å². The Morgan fingerprint density at radius 2 is 1.43 bits per heavy atom. The van der Waals surface area contributed by atoms with Crippen molar-refractivity contribution in [3.63, 3.8) is 0 Å². The summed E-state index contributed by atoms with van der Waals surface area (Å²) in [6.07, 6.45) is 1.96. The van der Waals surface area contributed by atoms with Crippen molar-refractivity contribution in [3.05, 3.63) is 47.7 Å². The summed E-state index contributed by atoms with van der Waals surface area (Å²) >= 11 is 0. The first-order valence-electron chi connectivity index (χ1n) is 13.9. The highest BCUT2D eigenvalue weighted by atomic mass is 16.6. The summed E-state index contributed by atoms with van der Waals surface area (Å²) < 4.78 is 5.62. The van der Waals surface area contributed by atoms with Crippen LogP contribution in [0.3, 0.4) is 0 Å². The van der Waals surface area contributed by atoms with E-state index in [2.05, 4.69) is 5.32 Å². The van der Waals surface area contributed by atoms with Crippen LogP contribution in [0.1, 0.15) is 81.7 Å². The maximum absolute atomic E-state index is 14.2. The molecule has 0 saturated carbocycles. The average Bonchev–Trinajstić information content (AvgIpc) is 2.83. The molecule has 1 N–H and O–H groups in total. The molecule has 0 aromatic heterocycles. The van der Waals surface area contributed by atoms with Crippen molar-refractivity contribution in [2.24, 2.45) is 17.3 Å². The van der Waals surface area contributed by atoms with Gasteiger partial charge in [0.1, 0.15) is 24.0 Å². The molecule has 0 aliphatic heterocycles. The molecule has 40 heavy (non-hydrogen) atoms. The Bertz CT molecular complexity index is 1060. The van der Waals surface area contributed by atoms with Gasteiger partial charge in [-0.1, -0.05) is 91.8 Å². The second kappa shape index (κ2) is 13.5. The fraction of sp³-hybridized carbons (Fsp3) is 0.625. The van der Waals surface area contributed by atoms with E-state index in [1.165, 1.54) is 9.80 Å². The van der Waals surface area contributed by atoms with Crippen LogP contribution >= 0.6 is 0 Å². The molecule has 3 atom stereocenters. The lowest BCUT2D eigenvalue weighted by Gasteiger charge is -2.42. The minimum atomic E-state index is -0.997. The number of allylic oxidation sites excluding steroid dienone is 2. The van der Waals surface area contributed by atoms with Gasteiger partial charge in [0.05, 0.1) is 0 Å². The number of carbonyl (C=O) groups excluding carboxylic acids is 4. The number of ether oxygens (including phenoxy) is 1. The van der Waals surface area contributed by atoms with E-state index in [1.54, 1.807) is 47.9 Å². The maximum atomic E-state index is 14.2. The van der Waals surface area contributed by atoms with Crippen LogP contribution in [0.25, 0.3) is 0 Å². The first-order chi connectivity index (χ1) is 18.1. The second-order valence-corrected chi connectivity index (χ2v) is 13.5. The molecule has 1 rings (SSSR count). The van der Waals surface area contributed by atoms with Crippen LogP contribution < -0.4 is 5.32 Å². The lowest BCUT2D eigenvalue weighted by Crippen LogP contribution is -2.62. The molecule has 224 valence electrons. The summed E-state index contributed by atoms with van der Waals surface area (Å²) in [6, 6.07) is 7.57. The molecule has 3 amide bonds. The third-order valence-electron chi connectivity index (χ3n) is 6.88. The fourth-order valence-electron chi connectivity index (χ4n) is 4.64. The topological polar surface area (TPSA) is 96.0 Å². The SMILES string of the molecule is CC(C=O)/C=C(\C(C)C)N(C)C(=O)[C@@H](NC(=O)[C@@H](N(C)C(=O)OC(C)(C)C)C(C)(C)c1ccccc1)C(C)(C)C. The highest BCUT2D eigenvalue weighted by Crippen LogP contribution is 2.32. The van der Waals surface area contributed by atoms with E-state index in [-0.39, 0.29) is 17.7 Å². The number of nitrogens with one attached hydrogen (secondary N) is 1. The zero-order valence-corrected chi connectivity index (χ0v) is 26.8. The zero-order valence-electron chi connectivity index (χ0n) is 26.8. The third-order valence-corrected chi connectivity index (χ3v) is 6.88. The molecule has 0 bridgehead atoms. The molecule has 0 spiro atoms. The van der Waals surface area contributed by atoms with Crippen molar-refractivity contribution >= 4 is 24.2 Å². The van der Waals surface area contributed by atoms with Crippen molar-refractivity contribution in [2.75, 3.05) is 14.1 Å². The Labute approximate surface area is 241 Å². The molecule has 0 radical (unpaired) electrons. The quantitative estimate of drug-likeness (QED) is 0.380. The van der Waals surface area contributed by atoms with Crippen molar-refractivity contribution in [1.29, 1.82) is 0 Å². The third kappa shape index (κ3) is 9.20. The van der Waals surface area contributed by atoms with E-state index in [1.807, 2.05) is 78.8 Å². The highest BCUT2D eigenvalue weighted by molar-refractivity contribution is 5.93. The smallest absolute Gasteiger partial charge is 0.410 e. The monoisotopic (exact) mass is 557 g/mol. The number of benzene rings is 1. The minimum absolute atomic E-state index is 0.0317. The summed E-state index contributed by atoms with van der Waals surface area (Å²) in [5.74, 6) is -1.18. The van der Waals surface area contributed by atoms with E-state index in [4.69, 9.17) is 4.74 Å². The normalized spacial score (nSPS) is 15.1. The lowest BCUT2D eigenvalue weighted by atomic mass is 9.76. The lowest BCUT2D eigenvalue weighted by molar-refractivity contribution is -0.139. The van der Waals surface area contributed by atoms with Gasteiger partial charge in [0, 0.05) is 31.1 Å². The van der Waals surface area contributed by atoms with E-state index in [0.717, 1.165) is 11.8 Å². The molecule has 1 aromatic carbocycles. The number of likely N-dealkylation sites (N-methyl/N-ethyl adjacent to an activating group) is 2. The molecule has 8 nitrogen and oxygen atoms in total. The summed E-state index contributed by atoms with van der Waals surface area (Å²) in [4.78, 5) is 55.5. The molecule has 8 heteroatoms. The summed E-state index contributed by atoms with van der Waals surface area (Å²) in [6.45, 7) is 20.4. The Balaban J connectivity index is 3.59. The van der Waals surface area contributed by atoms with Gasteiger partial charge in [-0.05, 0) is 37.7 Å². The highest BCUT2D eigenvalue weighted by Gasteiger charge is 2.45. The standard InChI is InChI=1S/C32H51N3O5/c1-21(2)24(19-22(3)20-36)34(12)28(38)25(30(4,5)6)33-27(37)26(35(13)29(39)40-31(7,8)9)32(10,11)23-17-15-14-16-18-23/h14-22,25-26H,1-13H3,(H,33,37)/b24-19+/t22?,25-,26-/m1/s1. The fourth-order valence-corrected chi connectivity index (χ4v) is 4.64. The molecule has 1 unspecified atom stereocenters. The van der Waals surface area contributed by atoms with Crippen molar-refractivity contribution in [3.8, 4) is 0 Å². The van der Waals surface area contributed by atoms with Gasteiger partial charge in [0.25, 0.3) is 0 Å². The molecular formula is C32H51N3O5. The number of amides is 3. The molecule has 0 saturated heterocycles. The predicted octanol–water partition coefficient (Wildman–Crippen LogP) is 5.56. The Hall–Kier alpha value is -3.16. The van der Waals surface area contributed by atoms with Gasteiger partial charge in [-0.3, -0.25) is 14.5 Å². The van der Waals surface area contributed by atoms with Crippen molar-refractivity contribution in [1.82, 2.24) is 15.1 Å². The summed E-state index contributed by atoms with van der Waals surface area (Å²) in [7, 11) is 3.21. The summed E-state index contributed by atoms with van der Waals surface area (Å²) in [5.41, 5.74) is -0.703. The molecule has 0 aliphatic rings. The molecule has 0 heterocycles. The molecule has 1 aromatic rings. The van der Waals surface area contributed by atoms with Crippen LogP contribution in [0.2, 0.25) is 0 Å². The van der Waals surface area contributed by atoms with E-state index in [9.17, 15) is 19.2 Å². The van der Waals surface area contributed by atoms with E-state index < -0.39 is 40.5 Å². The Morgan fingerprint density at radius 3 is 1.85 bits per heavy atom. The number of aldehydes is 1. The maximum Gasteiger partial charge on any atom is 0.410 e. The van der Waals surface area contributed by atoms with Crippen molar-refractivity contribution < 1.29 is 23.9 Å². The van der Waals surface area contributed by atoms with Crippen LogP contribution in [-0.4, -0.2) is 65.8 Å². The van der Waals surface area contributed by atoms with Gasteiger partial charge in [0.2, 0.25) is 11.8 Å². The number of hydrogen-bond acceptors (Lipinski definition) is 5. The van der Waals surface area contributed by atoms with Crippen molar-refractivity contribution in [2.45, 2.75) is 99.3 Å². The predicted molar refractivity (Wildman–Crippen MR) is 160 cm³/mol. The van der Waals surface area contributed by atoms with Crippen LogP contribution in [-0.2, 0) is 24.5 Å². The zero-order chi connectivity index (χ0) is 31.2. The number of carbonyl (C=O) groups is 4. The van der Waals surface area contributed by atoms with Gasteiger partial charge in [-0.25, -0.2) is 4.79 Å². The molecular weight excluding hydrogens is 506 g/mol. The van der Waals surface area contributed by atoms with Crippen LogP contribution in [0.5, 0.6) is 0 Å². The Morgan fingerprint density at radius 1 is 0.900 bits per heavy atom. The average molecular weight is 558 g/mol. The number of hydrogen-bond donors (Lipinski definition) is 1. The van der Waals surface area contributed by atoms with Gasteiger partial charge in [-0.15, -0.1) is 0 Å². The minimum Gasteiger partial charge on any atom is -0.444 e. The second-order valence-electron chi connectivity index (χ2n) is 13.5. The van der Waals surface area contributed by atoms with Gasteiger partial charge < -0.3 is 19.7 Å². The largest absolute Gasteiger partial charge is 0.444 e. The number of rotatable bonds is 10. The van der Waals surface area contributed by atoms with Crippen LogP contribution in [0.15, 0.2) is 42.1 Å². The van der Waals surface area contributed by atoms with E-state index >= 15 is 0 Å². The number of nitrogens with zero attached hydrogens (tertiary/aromatic N) is 2. The molecule has 0 aliphatic carbocycles. The van der Waals surface area contributed by atoms with Crippen LogP contribution in [0, 0.1) is 17.3 Å². The molecule has 0 fully saturated rings. The van der Waals surface area contributed by atoms with E-state index in [0.29, 0.717) is 5.70 Å². The summed E-state index contributed by atoms with van der Waals surface area (Å²) in [5, 5.41) is 3.00. The van der Waals surface area contributed by atoms with Crippen LogP contribution in [0.4, 0.5) is 4.79 Å². The first kappa shape index (κ1) is 34.9.